The number of imide groups is 1. The van der Waals surface area contributed by atoms with E-state index in [1.165, 1.54) is 0 Å². The van der Waals surface area contributed by atoms with E-state index in [0.29, 0.717) is 4.90 Å². The number of aliphatic carboxylic acids is 2. The van der Waals surface area contributed by atoms with E-state index in [-0.39, 0.29) is 6.42 Å². The van der Waals surface area contributed by atoms with Gasteiger partial charge in [-0.15, -0.1) is 0 Å². The zero-order valence-corrected chi connectivity index (χ0v) is 10.1. The molecule has 0 aromatic carbocycles. The largest absolute Gasteiger partial charge is 0.481 e. The van der Waals surface area contributed by atoms with E-state index < -0.39 is 48.1 Å². The van der Waals surface area contributed by atoms with Gasteiger partial charge >= 0.3 is 11.9 Å². The van der Waals surface area contributed by atoms with Gasteiger partial charge in [-0.3, -0.25) is 19.3 Å². The molecule has 1 fully saturated rings. The molecule has 2 amide bonds. The van der Waals surface area contributed by atoms with Gasteiger partial charge in [-0.25, -0.2) is 4.79 Å². The zero-order chi connectivity index (χ0) is 14.0. The topological polar surface area (TPSA) is 112 Å². The molecule has 18 heavy (non-hydrogen) atoms. The molecule has 0 aromatic rings. The SMILES string of the molecule is CC1C(=O)N(C(CCC(=O)O)C(=O)O)C(=O)C1C. The van der Waals surface area contributed by atoms with E-state index in [2.05, 4.69) is 0 Å². The van der Waals surface area contributed by atoms with Gasteiger partial charge < -0.3 is 10.2 Å². The fourth-order valence-electron chi connectivity index (χ4n) is 1.91. The molecular weight excluding hydrogens is 242 g/mol. The molecule has 0 saturated carbocycles. The summed E-state index contributed by atoms with van der Waals surface area (Å²) in [6, 6.07) is -1.39. The Hall–Kier alpha value is -1.92. The monoisotopic (exact) mass is 257 g/mol. The van der Waals surface area contributed by atoms with Crippen LogP contribution in [-0.4, -0.2) is 44.9 Å². The molecule has 0 aromatic heterocycles. The van der Waals surface area contributed by atoms with Gasteiger partial charge in [0.2, 0.25) is 11.8 Å². The molecule has 7 heteroatoms. The third-order valence-corrected chi connectivity index (χ3v) is 3.23. The Bertz CT molecular complexity index is 384. The van der Waals surface area contributed by atoms with Crippen LogP contribution in [0.4, 0.5) is 0 Å². The van der Waals surface area contributed by atoms with Gasteiger partial charge in [-0.1, -0.05) is 13.8 Å². The maximum absolute atomic E-state index is 11.8. The van der Waals surface area contributed by atoms with Crippen LogP contribution in [0.25, 0.3) is 0 Å². The van der Waals surface area contributed by atoms with Crippen LogP contribution in [0.3, 0.4) is 0 Å². The predicted molar refractivity (Wildman–Crippen MR) is 58.5 cm³/mol. The van der Waals surface area contributed by atoms with Crippen LogP contribution in [0, 0.1) is 11.8 Å². The Morgan fingerprint density at radius 1 is 1.17 bits per heavy atom. The highest BCUT2D eigenvalue weighted by Crippen LogP contribution is 2.28. The summed E-state index contributed by atoms with van der Waals surface area (Å²) in [5.74, 6) is -4.76. The van der Waals surface area contributed by atoms with E-state index in [1.54, 1.807) is 13.8 Å². The van der Waals surface area contributed by atoms with E-state index in [0.717, 1.165) is 0 Å². The summed E-state index contributed by atoms with van der Waals surface area (Å²) in [6.45, 7) is 3.11. The predicted octanol–water partition coefficient (Wildman–Crippen LogP) is -0.0546. The summed E-state index contributed by atoms with van der Waals surface area (Å²) >= 11 is 0. The lowest BCUT2D eigenvalue weighted by Gasteiger charge is -2.22. The quantitative estimate of drug-likeness (QED) is 0.667. The highest BCUT2D eigenvalue weighted by atomic mass is 16.4. The summed E-state index contributed by atoms with van der Waals surface area (Å²) in [6.07, 6.45) is -0.682. The number of carbonyl (C=O) groups is 4. The highest BCUT2D eigenvalue weighted by Gasteiger charge is 2.47. The first kappa shape index (κ1) is 14.1. The molecule has 100 valence electrons. The van der Waals surface area contributed by atoms with E-state index >= 15 is 0 Å². The fraction of sp³-hybridized carbons (Fsp3) is 0.636. The normalized spacial score (nSPS) is 25.3. The van der Waals surface area contributed by atoms with Crippen molar-refractivity contribution >= 4 is 23.8 Å². The Labute approximate surface area is 103 Å². The average molecular weight is 257 g/mol. The van der Waals surface area contributed by atoms with E-state index in [1.807, 2.05) is 0 Å². The summed E-state index contributed by atoms with van der Waals surface area (Å²) in [5, 5.41) is 17.6. The lowest BCUT2D eigenvalue weighted by molar-refractivity contribution is -0.156. The van der Waals surface area contributed by atoms with Crippen LogP contribution in [0.15, 0.2) is 0 Å². The first-order chi connectivity index (χ1) is 8.27. The molecule has 1 heterocycles. The van der Waals surface area contributed by atoms with Gasteiger partial charge in [-0.05, 0) is 6.42 Å². The first-order valence-corrected chi connectivity index (χ1v) is 5.58. The second-order valence-electron chi connectivity index (χ2n) is 4.41. The Morgan fingerprint density at radius 2 is 1.61 bits per heavy atom. The molecule has 1 aliphatic heterocycles. The van der Waals surface area contributed by atoms with Crippen LogP contribution in [-0.2, 0) is 19.2 Å². The van der Waals surface area contributed by atoms with Crippen molar-refractivity contribution in [3.63, 3.8) is 0 Å². The second-order valence-corrected chi connectivity index (χ2v) is 4.41. The third kappa shape index (κ3) is 2.49. The van der Waals surface area contributed by atoms with Crippen LogP contribution in [0.2, 0.25) is 0 Å². The molecule has 1 aliphatic rings. The molecule has 0 bridgehead atoms. The summed E-state index contributed by atoms with van der Waals surface area (Å²) in [4.78, 5) is 45.8. The lowest BCUT2D eigenvalue weighted by Crippen LogP contribution is -2.45. The Morgan fingerprint density at radius 3 is 1.94 bits per heavy atom. The molecule has 2 N–H and O–H groups in total. The summed E-state index contributed by atoms with van der Waals surface area (Å²) in [5.41, 5.74) is 0. The number of hydrogen-bond acceptors (Lipinski definition) is 4. The molecule has 3 atom stereocenters. The van der Waals surface area contributed by atoms with Crippen molar-refractivity contribution in [1.82, 2.24) is 4.90 Å². The maximum Gasteiger partial charge on any atom is 0.326 e. The zero-order valence-electron chi connectivity index (χ0n) is 10.1. The van der Waals surface area contributed by atoms with Crippen molar-refractivity contribution in [2.45, 2.75) is 32.7 Å². The van der Waals surface area contributed by atoms with Crippen molar-refractivity contribution < 1.29 is 29.4 Å². The molecule has 1 saturated heterocycles. The van der Waals surface area contributed by atoms with Gasteiger partial charge in [0.15, 0.2) is 0 Å². The van der Waals surface area contributed by atoms with Crippen molar-refractivity contribution in [2.75, 3.05) is 0 Å². The summed E-state index contributed by atoms with van der Waals surface area (Å²) in [7, 11) is 0. The van der Waals surface area contributed by atoms with Crippen molar-refractivity contribution in [1.29, 1.82) is 0 Å². The number of amides is 2. The number of nitrogens with zero attached hydrogens (tertiary/aromatic N) is 1. The first-order valence-electron chi connectivity index (χ1n) is 5.58. The summed E-state index contributed by atoms with van der Waals surface area (Å²) < 4.78 is 0. The number of carboxylic acids is 2. The van der Waals surface area contributed by atoms with Crippen LogP contribution in [0.5, 0.6) is 0 Å². The Balaban J connectivity index is 2.93. The minimum atomic E-state index is -1.39. The molecule has 3 unspecified atom stereocenters. The Kier molecular flexibility index (Phi) is 4.05. The van der Waals surface area contributed by atoms with Crippen LogP contribution < -0.4 is 0 Å². The number of hydrogen-bond donors (Lipinski definition) is 2. The number of likely N-dealkylation sites (tertiary alicyclic amines) is 1. The molecule has 7 nitrogen and oxygen atoms in total. The van der Waals surface area contributed by atoms with Crippen LogP contribution >= 0.6 is 0 Å². The minimum Gasteiger partial charge on any atom is -0.481 e. The van der Waals surface area contributed by atoms with Crippen molar-refractivity contribution in [2.24, 2.45) is 11.8 Å². The molecular formula is C11H15NO6. The standard InChI is InChI=1S/C11H15NO6/c1-5-6(2)10(16)12(9(5)15)7(11(17)18)3-4-8(13)14/h5-7H,3-4H2,1-2H3,(H,13,14)(H,17,18). The van der Waals surface area contributed by atoms with E-state index in [4.69, 9.17) is 10.2 Å². The molecule has 0 spiro atoms. The molecule has 1 rings (SSSR count). The van der Waals surface area contributed by atoms with Crippen molar-refractivity contribution in [3.05, 3.63) is 0 Å². The number of carbonyl (C=O) groups excluding carboxylic acids is 2. The average Bonchev–Trinajstić information content (AvgIpc) is 2.45. The number of carboxylic acid groups (broad SMARTS) is 2. The third-order valence-electron chi connectivity index (χ3n) is 3.23. The van der Waals surface area contributed by atoms with E-state index in [9.17, 15) is 19.2 Å². The van der Waals surface area contributed by atoms with Gasteiger partial charge in [-0.2, -0.15) is 0 Å². The maximum atomic E-state index is 11.8. The van der Waals surface area contributed by atoms with Gasteiger partial charge in [0, 0.05) is 18.3 Å². The van der Waals surface area contributed by atoms with Gasteiger partial charge in [0.25, 0.3) is 0 Å². The van der Waals surface area contributed by atoms with Crippen molar-refractivity contribution in [3.8, 4) is 0 Å². The highest BCUT2D eigenvalue weighted by molar-refractivity contribution is 6.07. The fourth-order valence-corrected chi connectivity index (χ4v) is 1.91. The van der Waals surface area contributed by atoms with Gasteiger partial charge in [0.1, 0.15) is 6.04 Å². The minimum absolute atomic E-state index is 0.276. The van der Waals surface area contributed by atoms with Crippen LogP contribution in [0.1, 0.15) is 26.7 Å². The molecule has 0 radical (unpaired) electrons. The van der Waals surface area contributed by atoms with Gasteiger partial charge in [0.05, 0.1) is 0 Å². The molecule has 0 aliphatic carbocycles. The second kappa shape index (κ2) is 5.16. The number of rotatable bonds is 5. The smallest absolute Gasteiger partial charge is 0.326 e. The lowest BCUT2D eigenvalue weighted by atomic mass is 10.00.